The highest BCUT2D eigenvalue weighted by atomic mass is 19.1. The molecule has 0 aliphatic rings. The van der Waals surface area contributed by atoms with Gasteiger partial charge in [0.25, 0.3) is 5.91 Å². The van der Waals surface area contributed by atoms with E-state index < -0.39 is 5.91 Å². The lowest BCUT2D eigenvalue weighted by Gasteiger charge is -2.06. The summed E-state index contributed by atoms with van der Waals surface area (Å²) >= 11 is 0. The number of hydrogen-bond acceptors (Lipinski definition) is 3. The minimum absolute atomic E-state index is 0.00249. The van der Waals surface area contributed by atoms with E-state index in [9.17, 15) is 14.4 Å². The van der Waals surface area contributed by atoms with Crippen LogP contribution in [0.25, 0.3) is 17.0 Å². The number of aromatic nitrogens is 1. The minimum Gasteiger partial charge on any atom is -0.497 e. The van der Waals surface area contributed by atoms with Crippen LogP contribution in [0, 0.1) is 17.1 Å². The van der Waals surface area contributed by atoms with Crippen molar-refractivity contribution in [2.75, 3.05) is 7.11 Å². The van der Waals surface area contributed by atoms with E-state index in [1.807, 2.05) is 65.4 Å². The lowest BCUT2D eigenvalue weighted by molar-refractivity contribution is -0.117. The monoisotopic (exact) mass is 439 g/mol. The molecular weight excluding hydrogens is 417 g/mol. The van der Waals surface area contributed by atoms with Crippen molar-refractivity contribution in [3.05, 3.63) is 107 Å². The molecule has 0 atom stereocenters. The summed E-state index contributed by atoms with van der Waals surface area (Å²) in [5.41, 5.74) is 3.06. The standard InChI is InChI=1S/C27H22FN3O2/c1-33-23-12-10-19(11-13-23)16-30-27(32)21(15-29)14-22-18-31(26-9-5-3-7-24(22)26)17-20-6-2-4-8-25(20)28/h2-14,18H,16-17H2,1H3,(H,30,32)/b21-14-. The van der Waals surface area contributed by atoms with Gasteiger partial charge < -0.3 is 14.6 Å². The largest absolute Gasteiger partial charge is 0.497 e. The second kappa shape index (κ2) is 9.84. The van der Waals surface area contributed by atoms with Crippen molar-refractivity contribution >= 4 is 22.9 Å². The molecule has 1 N–H and O–H groups in total. The number of nitrogens with one attached hydrogen (secondary N) is 1. The van der Waals surface area contributed by atoms with E-state index in [0.29, 0.717) is 12.1 Å². The van der Waals surface area contributed by atoms with Crippen LogP contribution in [0.5, 0.6) is 5.75 Å². The summed E-state index contributed by atoms with van der Waals surface area (Å²) in [4.78, 5) is 12.7. The van der Waals surface area contributed by atoms with Gasteiger partial charge in [-0.15, -0.1) is 0 Å². The quantitative estimate of drug-likeness (QED) is 0.323. The van der Waals surface area contributed by atoms with Gasteiger partial charge in [-0.05, 0) is 35.9 Å². The Morgan fingerprint density at radius 1 is 1.09 bits per heavy atom. The molecule has 1 aromatic heterocycles. The molecule has 0 saturated carbocycles. The fraction of sp³-hybridized carbons (Fsp3) is 0.111. The number of ether oxygens (including phenoxy) is 1. The van der Waals surface area contributed by atoms with Crippen molar-refractivity contribution in [3.63, 3.8) is 0 Å². The van der Waals surface area contributed by atoms with Gasteiger partial charge in [-0.3, -0.25) is 4.79 Å². The lowest BCUT2D eigenvalue weighted by Crippen LogP contribution is -2.23. The number of methoxy groups -OCH3 is 1. The molecule has 164 valence electrons. The Morgan fingerprint density at radius 2 is 1.82 bits per heavy atom. The van der Waals surface area contributed by atoms with Gasteiger partial charge in [0.2, 0.25) is 0 Å². The number of halogens is 1. The molecular formula is C27H22FN3O2. The van der Waals surface area contributed by atoms with Crippen LogP contribution in [0.3, 0.4) is 0 Å². The Morgan fingerprint density at radius 3 is 2.55 bits per heavy atom. The highest BCUT2D eigenvalue weighted by Crippen LogP contribution is 2.25. The van der Waals surface area contributed by atoms with Crippen LogP contribution in [-0.4, -0.2) is 17.6 Å². The maximum atomic E-state index is 14.2. The smallest absolute Gasteiger partial charge is 0.262 e. The molecule has 1 amide bonds. The number of nitriles is 1. The fourth-order valence-electron chi connectivity index (χ4n) is 3.66. The second-order valence-corrected chi connectivity index (χ2v) is 7.52. The number of hydrogen-bond donors (Lipinski definition) is 1. The van der Waals surface area contributed by atoms with E-state index >= 15 is 0 Å². The summed E-state index contributed by atoms with van der Waals surface area (Å²) in [6.07, 6.45) is 3.41. The van der Waals surface area contributed by atoms with Crippen molar-refractivity contribution in [3.8, 4) is 11.8 Å². The van der Waals surface area contributed by atoms with Crippen molar-refractivity contribution in [1.82, 2.24) is 9.88 Å². The molecule has 0 unspecified atom stereocenters. The molecule has 0 aliphatic heterocycles. The van der Waals surface area contributed by atoms with Crippen LogP contribution < -0.4 is 10.1 Å². The summed E-state index contributed by atoms with van der Waals surface area (Å²) in [6.45, 7) is 0.628. The Hall–Kier alpha value is -4.37. The highest BCUT2D eigenvalue weighted by Gasteiger charge is 2.13. The Bertz CT molecular complexity index is 1360. The summed E-state index contributed by atoms with van der Waals surface area (Å²) in [6, 6.07) is 23.6. The Labute approximate surface area is 191 Å². The summed E-state index contributed by atoms with van der Waals surface area (Å²) in [5.74, 6) is -0.00305. The normalized spacial score (nSPS) is 11.2. The molecule has 0 saturated heterocycles. The summed E-state index contributed by atoms with van der Waals surface area (Å²) in [7, 11) is 1.59. The van der Waals surface area contributed by atoms with Crippen LogP contribution in [0.15, 0.2) is 84.6 Å². The van der Waals surface area contributed by atoms with Gasteiger partial charge in [0.1, 0.15) is 23.2 Å². The molecule has 0 radical (unpaired) electrons. The molecule has 3 aromatic carbocycles. The van der Waals surface area contributed by atoms with Gasteiger partial charge in [-0.2, -0.15) is 5.26 Å². The third-order valence-electron chi connectivity index (χ3n) is 5.39. The SMILES string of the molecule is COc1ccc(CNC(=O)/C(C#N)=C\c2cn(Cc3ccccc3F)c3ccccc23)cc1. The first kappa shape index (κ1) is 21.8. The summed E-state index contributed by atoms with van der Waals surface area (Å²) in [5, 5.41) is 13.3. The van der Waals surface area contributed by atoms with E-state index in [2.05, 4.69) is 5.32 Å². The molecule has 5 nitrogen and oxygen atoms in total. The molecule has 0 fully saturated rings. The van der Waals surface area contributed by atoms with Crippen molar-refractivity contribution in [1.29, 1.82) is 5.26 Å². The number of benzene rings is 3. The maximum absolute atomic E-state index is 14.2. The Kier molecular flexibility index (Phi) is 6.51. The summed E-state index contributed by atoms with van der Waals surface area (Å²) < 4.78 is 21.2. The van der Waals surface area contributed by atoms with E-state index in [-0.39, 0.29) is 17.9 Å². The zero-order chi connectivity index (χ0) is 23.2. The molecule has 0 bridgehead atoms. The van der Waals surface area contributed by atoms with Gasteiger partial charge in [0.15, 0.2) is 0 Å². The Balaban J connectivity index is 1.59. The zero-order valence-corrected chi connectivity index (χ0v) is 18.1. The minimum atomic E-state index is -0.459. The van der Waals surface area contributed by atoms with Crippen molar-refractivity contribution in [2.45, 2.75) is 13.1 Å². The lowest BCUT2D eigenvalue weighted by atomic mass is 10.1. The number of carbonyl (C=O) groups excluding carboxylic acids is 1. The van der Waals surface area contributed by atoms with Crippen LogP contribution >= 0.6 is 0 Å². The second-order valence-electron chi connectivity index (χ2n) is 7.52. The maximum Gasteiger partial charge on any atom is 0.262 e. The number of carbonyl (C=O) groups is 1. The van der Waals surface area contributed by atoms with Gasteiger partial charge in [0, 0.05) is 34.8 Å². The zero-order valence-electron chi connectivity index (χ0n) is 18.1. The molecule has 0 spiro atoms. The average molecular weight is 439 g/mol. The van der Waals surface area contributed by atoms with Gasteiger partial charge >= 0.3 is 0 Å². The third-order valence-corrected chi connectivity index (χ3v) is 5.39. The van der Waals surface area contributed by atoms with Crippen LogP contribution in [0.2, 0.25) is 0 Å². The number of para-hydroxylation sites is 1. The van der Waals surface area contributed by atoms with Gasteiger partial charge in [0.05, 0.1) is 13.7 Å². The molecule has 0 aliphatic carbocycles. The topological polar surface area (TPSA) is 67.0 Å². The highest BCUT2D eigenvalue weighted by molar-refractivity contribution is 6.04. The number of nitrogens with zero attached hydrogens (tertiary/aromatic N) is 2. The first-order valence-corrected chi connectivity index (χ1v) is 10.4. The number of amides is 1. The van der Waals surface area contributed by atoms with Crippen molar-refractivity contribution < 1.29 is 13.9 Å². The van der Waals surface area contributed by atoms with E-state index in [1.165, 1.54) is 6.07 Å². The molecule has 4 rings (SSSR count). The third kappa shape index (κ3) is 4.94. The molecule has 1 heterocycles. The molecule has 6 heteroatoms. The fourth-order valence-corrected chi connectivity index (χ4v) is 3.66. The van der Waals surface area contributed by atoms with Crippen LogP contribution in [-0.2, 0) is 17.9 Å². The van der Waals surface area contributed by atoms with E-state index in [4.69, 9.17) is 4.74 Å². The van der Waals surface area contributed by atoms with E-state index in [1.54, 1.807) is 31.4 Å². The van der Waals surface area contributed by atoms with Crippen LogP contribution in [0.1, 0.15) is 16.7 Å². The molecule has 33 heavy (non-hydrogen) atoms. The predicted octanol–water partition coefficient (Wildman–Crippen LogP) is 5.06. The average Bonchev–Trinajstić information content (AvgIpc) is 3.20. The number of fused-ring (bicyclic) bond motifs is 1. The molecule has 4 aromatic rings. The van der Waals surface area contributed by atoms with E-state index in [0.717, 1.165) is 27.8 Å². The first-order chi connectivity index (χ1) is 16.1. The van der Waals surface area contributed by atoms with Gasteiger partial charge in [-0.25, -0.2) is 4.39 Å². The predicted molar refractivity (Wildman–Crippen MR) is 126 cm³/mol. The van der Waals surface area contributed by atoms with Gasteiger partial charge in [-0.1, -0.05) is 48.5 Å². The first-order valence-electron chi connectivity index (χ1n) is 10.4. The van der Waals surface area contributed by atoms with Crippen LogP contribution in [0.4, 0.5) is 4.39 Å². The van der Waals surface area contributed by atoms with Crippen molar-refractivity contribution in [2.24, 2.45) is 0 Å². The number of rotatable bonds is 7.